The Kier molecular flexibility index (Phi) is 5.86. The molecule has 0 radical (unpaired) electrons. The number of carbonyl (C=O) groups excluding carboxylic acids is 1. The van der Waals surface area contributed by atoms with Crippen molar-refractivity contribution in [2.75, 3.05) is 10.6 Å². The standard InChI is InChI=1S/C20H25F2N7O2/c21-20(22)7-2-5-13(17(20)23)28-14-10-26-16(18(24)30)19(29-14)27-11-6-8-25-15(9-11)31-12-3-1-4-12/h6,8-10,12-13,17H,1-5,7,23H2,(H2,24,30)(H2,25,27,28,29)/t13-,17-/m1/s1. The normalized spacial score (nSPS) is 22.9. The molecular weight excluding hydrogens is 408 g/mol. The van der Waals surface area contributed by atoms with Gasteiger partial charge in [0.2, 0.25) is 5.88 Å². The van der Waals surface area contributed by atoms with E-state index < -0.39 is 23.9 Å². The van der Waals surface area contributed by atoms with Crippen LogP contribution in [-0.2, 0) is 0 Å². The van der Waals surface area contributed by atoms with Crippen LogP contribution < -0.4 is 26.8 Å². The second-order valence-corrected chi connectivity index (χ2v) is 7.93. The Labute approximate surface area is 178 Å². The van der Waals surface area contributed by atoms with Crippen LogP contribution in [0.5, 0.6) is 5.88 Å². The first-order valence-electron chi connectivity index (χ1n) is 10.3. The van der Waals surface area contributed by atoms with Gasteiger partial charge in [-0.1, -0.05) is 0 Å². The lowest BCUT2D eigenvalue weighted by Gasteiger charge is -2.36. The second kappa shape index (κ2) is 8.58. The number of aromatic nitrogens is 3. The molecule has 0 spiro atoms. The lowest BCUT2D eigenvalue weighted by atomic mass is 9.87. The summed E-state index contributed by atoms with van der Waals surface area (Å²) in [5.41, 5.74) is 11.7. The van der Waals surface area contributed by atoms with E-state index in [2.05, 4.69) is 25.6 Å². The molecule has 2 fully saturated rings. The van der Waals surface area contributed by atoms with Gasteiger partial charge in [0.15, 0.2) is 11.5 Å². The Morgan fingerprint density at radius 3 is 2.74 bits per heavy atom. The van der Waals surface area contributed by atoms with Gasteiger partial charge in [-0.05, 0) is 38.2 Å². The third-order valence-corrected chi connectivity index (χ3v) is 5.62. The summed E-state index contributed by atoms with van der Waals surface area (Å²) < 4.78 is 33.7. The molecular formula is C20H25F2N7O2. The minimum Gasteiger partial charge on any atom is -0.474 e. The van der Waals surface area contributed by atoms with E-state index in [0.717, 1.165) is 19.3 Å². The highest BCUT2D eigenvalue weighted by Crippen LogP contribution is 2.34. The molecule has 0 bridgehead atoms. The van der Waals surface area contributed by atoms with Crippen LogP contribution in [0.4, 0.5) is 26.1 Å². The molecule has 11 heteroatoms. The highest BCUT2D eigenvalue weighted by atomic mass is 19.3. The topological polar surface area (TPSA) is 141 Å². The summed E-state index contributed by atoms with van der Waals surface area (Å²) in [5.74, 6) is -2.97. The number of nitrogens with zero attached hydrogens (tertiary/aromatic N) is 3. The quantitative estimate of drug-likeness (QED) is 0.522. The molecule has 0 saturated heterocycles. The first-order chi connectivity index (χ1) is 14.8. The summed E-state index contributed by atoms with van der Waals surface area (Å²) in [5, 5.41) is 5.92. The van der Waals surface area contributed by atoms with E-state index in [9.17, 15) is 13.6 Å². The Balaban J connectivity index is 1.54. The molecule has 9 nitrogen and oxygen atoms in total. The fraction of sp³-hybridized carbons (Fsp3) is 0.500. The van der Waals surface area contributed by atoms with Gasteiger partial charge in [-0.3, -0.25) is 4.79 Å². The zero-order valence-corrected chi connectivity index (χ0v) is 16.9. The number of halogens is 2. The zero-order chi connectivity index (χ0) is 22.0. The van der Waals surface area contributed by atoms with Crippen molar-refractivity contribution in [3.63, 3.8) is 0 Å². The van der Waals surface area contributed by atoms with E-state index in [1.165, 1.54) is 6.20 Å². The van der Waals surface area contributed by atoms with Gasteiger partial charge in [-0.2, -0.15) is 0 Å². The third-order valence-electron chi connectivity index (χ3n) is 5.62. The third kappa shape index (κ3) is 4.82. The van der Waals surface area contributed by atoms with Crippen molar-refractivity contribution in [3.05, 3.63) is 30.2 Å². The summed E-state index contributed by atoms with van der Waals surface area (Å²) in [6.07, 6.45) is 6.71. The van der Waals surface area contributed by atoms with Gasteiger partial charge in [0, 0.05) is 30.4 Å². The van der Waals surface area contributed by atoms with E-state index in [0.29, 0.717) is 24.4 Å². The first-order valence-corrected chi connectivity index (χ1v) is 10.3. The van der Waals surface area contributed by atoms with Crippen molar-refractivity contribution in [3.8, 4) is 5.88 Å². The predicted octanol–water partition coefficient (Wildman–Crippen LogP) is 2.57. The fourth-order valence-corrected chi connectivity index (χ4v) is 3.62. The Hall–Kier alpha value is -3.08. The first kappa shape index (κ1) is 21.2. The SMILES string of the molecule is NC(=O)c1ncc(N[C@@H]2CCCC(F)(F)[C@@H]2N)nc1Nc1ccnc(OC2CCC2)c1. The van der Waals surface area contributed by atoms with E-state index in [4.69, 9.17) is 16.2 Å². The number of hydrogen-bond acceptors (Lipinski definition) is 8. The van der Waals surface area contributed by atoms with Crippen molar-refractivity contribution < 1.29 is 18.3 Å². The Morgan fingerprint density at radius 2 is 2.03 bits per heavy atom. The molecule has 2 heterocycles. The number of carbonyl (C=O) groups is 1. The summed E-state index contributed by atoms with van der Waals surface area (Å²) in [4.78, 5) is 24.4. The average Bonchev–Trinajstić information content (AvgIpc) is 2.69. The molecule has 1 amide bonds. The number of ether oxygens (including phenoxy) is 1. The van der Waals surface area contributed by atoms with Gasteiger partial charge in [-0.15, -0.1) is 0 Å². The smallest absolute Gasteiger partial charge is 0.271 e. The number of nitrogens with one attached hydrogen (secondary N) is 2. The van der Waals surface area contributed by atoms with Crippen LogP contribution in [0.3, 0.4) is 0 Å². The van der Waals surface area contributed by atoms with Crippen LogP contribution in [0.25, 0.3) is 0 Å². The molecule has 2 aromatic rings. The van der Waals surface area contributed by atoms with E-state index in [1.807, 2.05) is 0 Å². The van der Waals surface area contributed by atoms with E-state index in [-0.39, 0.29) is 29.9 Å². The van der Waals surface area contributed by atoms with Gasteiger partial charge in [0.1, 0.15) is 11.9 Å². The van der Waals surface area contributed by atoms with Gasteiger partial charge in [-0.25, -0.2) is 23.7 Å². The zero-order valence-electron chi connectivity index (χ0n) is 16.9. The molecule has 2 saturated carbocycles. The van der Waals surface area contributed by atoms with Crippen molar-refractivity contribution in [1.82, 2.24) is 15.0 Å². The van der Waals surface area contributed by atoms with Crippen LogP contribution >= 0.6 is 0 Å². The minimum absolute atomic E-state index is 0.0814. The molecule has 31 heavy (non-hydrogen) atoms. The molecule has 0 aromatic carbocycles. The Bertz CT molecular complexity index is 955. The predicted molar refractivity (Wildman–Crippen MR) is 111 cm³/mol. The van der Waals surface area contributed by atoms with Crippen LogP contribution in [0, 0.1) is 0 Å². The molecule has 166 valence electrons. The molecule has 0 aliphatic heterocycles. The lowest BCUT2D eigenvalue weighted by Crippen LogP contribution is -2.55. The number of alkyl halides is 2. The molecule has 2 aliphatic rings. The molecule has 2 atom stereocenters. The number of amides is 1. The van der Waals surface area contributed by atoms with Crippen LogP contribution in [-0.4, -0.2) is 45.0 Å². The van der Waals surface area contributed by atoms with E-state index in [1.54, 1.807) is 18.3 Å². The van der Waals surface area contributed by atoms with Gasteiger partial charge < -0.3 is 26.8 Å². The summed E-state index contributed by atoms with van der Waals surface area (Å²) >= 11 is 0. The van der Waals surface area contributed by atoms with Crippen LogP contribution in [0.2, 0.25) is 0 Å². The van der Waals surface area contributed by atoms with Gasteiger partial charge in [0.05, 0.1) is 12.2 Å². The second-order valence-electron chi connectivity index (χ2n) is 7.93. The maximum atomic E-state index is 14.0. The molecule has 4 rings (SSSR count). The maximum Gasteiger partial charge on any atom is 0.271 e. The summed E-state index contributed by atoms with van der Waals surface area (Å²) in [6, 6.07) is 1.34. The largest absolute Gasteiger partial charge is 0.474 e. The lowest BCUT2D eigenvalue weighted by molar-refractivity contribution is -0.0554. The number of primary amides is 1. The number of anilines is 3. The molecule has 0 unspecified atom stereocenters. The number of nitrogens with two attached hydrogens (primary N) is 2. The minimum atomic E-state index is -2.95. The highest BCUT2D eigenvalue weighted by Gasteiger charge is 2.44. The molecule has 6 N–H and O–H groups in total. The number of pyridine rings is 1. The van der Waals surface area contributed by atoms with Crippen LogP contribution in [0.15, 0.2) is 24.5 Å². The highest BCUT2D eigenvalue weighted by molar-refractivity contribution is 5.96. The average molecular weight is 433 g/mol. The monoisotopic (exact) mass is 433 g/mol. The van der Waals surface area contributed by atoms with Gasteiger partial charge >= 0.3 is 0 Å². The molecule has 2 aliphatic carbocycles. The molecule has 2 aromatic heterocycles. The van der Waals surface area contributed by atoms with Crippen molar-refractivity contribution in [2.45, 2.75) is 62.6 Å². The van der Waals surface area contributed by atoms with E-state index >= 15 is 0 Å². The van der Waals surface area contributed by atoms with Crippen molar-refractivity contribution >= 4 is 23.2 Å². The van der Waals surface area contributed by atoms with Crippen molar-refractivity contribution in [1.29, 1.82) is 0 Å². The number of hydrogen-bond donors (Lipinski definition) is 4. The maximum absolute atomic E-state index is 14.0. The Morgan fingerprint density at radius 1 is 1.23 bits per heavy atom. The van der Waals surface area contributed by atoms with Crippen molar-refractivity contribution in [2.24, 2.45) is 11.5 Å². The number of rotatable bonds is 7. The summed E-state index contributed by atoms with van der Waals surface area (Å²) in [7, 11) is 0. The van der Waals surface area contributed by atoms with Gasteiger partial charge in [0.25, 0.3) is 11.8 Å². The summed E-state index contributed by atoms with van der Waals surface area (Å²) in [6.45, 7) is 0. The van der Waals surface area contributed by atoms with Crippen LogP contribution in [0.1, 0.15) is 49.0 Å². The fourth-order valence-electron chi connectivity index (χ4n) is 3.62.